The average molecular weight is 517 g/mol. The molecule has 0 saturated carbocycles. The minimum atomic E-state index is -0.911. The molecule has 2 aliphatic rings. The van der Waals surface area contributed by atoms with Crippen LogP contribution in [0.15, 0.2) is 71.8 Å². The fourth-order valence-electron chi connectivity index (χ4n) is 5.77. The molecule has 7 heteroatoms. The minimum Gasteiger partial charge on any atom is -0.465 e. The summed E-state index contributed by atoms with van der Waals surface area (Å²) in [4.78, 5) is 43.2. The monoisotopic (exact) mass is 516 g/mol. The van der Waals surface area contributed by atoms with E-state index < -0.39 is 11.3 Å². The summed E-state index contributed by atoms with van der Waals surface area (Å²) in [6.45, 7) is 2.86. The van der Waals surface area contributed by atoms with Crippen LogP contribution >= 0.6 is 11.3 Å². The Hall–Kier alpha value is -3.45. The quantitative estimate of drug-likeness (QED) is 0.397. The number of carbonyl (C=O) groups excluding carboxylic acids is 3. The Morgan fingerprint density at radius 2 is 1.97 bits per heavy atom. The normalized spacial score (nSPS) is 21.3. The summed E-state index contributed by atoms with van der Waals surface area (Å²) in [6.07, 6.45) is 4.65. The molecule has 1 aliphatic carbocycles. The Morgan fingerprint density at radius 3 is 2.78 bits per heavy atom. The number of hydrogen-bond donors (Lipinski definition) is 1. The number of nitrogens with one attached hydrogen (secondary N) is 1. The number of ether oxygens (including phenoxy) is 1. The number of hydrogen-bond acceptors (Lipinski definition) is 5. The van der Waals surface area contributed by atoms with E-state index in [1.807, 2.05) is 47.9 Å². The molecule has 1 saturated heterocycles. The summed E-state index contributed by atoms with van der Waals surface area (Å²) in [5.74, 6) is -1.18. The molecule has 2 aromatic carbocycles. The molecule has 1 N–H and O–H groups in total. The molecule has 0 radical (unpaired) electrons. The third kappa shape index (κ3) is 5.05. The molecule has 37 heavy (non-hydrogen) atoms. The SMILES string of the molecule is CCOC(=O)[C@]12CCCC=C1N(Cc1cccc3ccccc13)C(=O)[C@H](CC(=O)NCc1cccs1)C2. The van der Waals surface area contributed by atoms with Crippen LogP contribution in [0.25, 0.3) is 10.8 Å². The summed E-state index contributed by atoms with van der Waals surface area (Å²) >= 11 is 1.58. The summed E-state index contributed by atoms with van der Waals surface area (Å²) in [7, 11) is 0. The summed E-state index contributed by atoms with van der Waals surface area (Å²) in [5, 5.41) is 7.10. The first kappa shape index (κ1) is 25.2. The molecule has 192 valence electrons. The van der Waals surface area contributed by atoms with Gasteiger partial charge in [-0.2, -0.15) is 0 Å². The van der Waals surface area contributed by atoms with E-state index in [4.69, 9.17) is 4.74 Å². The number of rotatable bonds is 8. The van der Waals surface area contributed by atoms with Crippen LogP contribution < -0.4 is 5.32 Å². The highest BCUT2D eigenvalue weighted by molar-refractivity contribution is 7.09. The van der Waals surface area contributed by atoms with Crippen molar-refractivity contribution in [3.8, 4) is 0 Å². The van der Waals surface area contributed by atoms with Crippen LogP contribution in [0, 0.1) is 11.3 Å². The number of benzene rings is 2. The highest BCUT2D eigenvalue weighted by atomic mass is 32.1. The molecule has 2 atom stereocenters. The first-order chi connectivity index (χ1) is 18.0. The van der Waals surface area contributed by atoms with Crippen molar-refractivity contribution in [2.75, 3.05) is 6.61 Å². The maximum atomic E-state index is 14.0. The Bertz CT molecular complexity index is 1330. The number of nitrogens with zero attached hydrogens (tertiary/aromatic N) is 1. The third-order valence-corrected chi connectivity index (χ3v) is 8.36. The Labute approximate surface area is 221 Å². The minimum absolute atomic E-state index is 0.0463. The lowest BCUT2D eigenvalue weighted by Crippen LogP contribution is -2.54. The Kier molecular flexibility index (Phi) is 7.42. The van der Waals surface area contributed by atoms with Crippen molar-refractivity contribution in [3.63, 3.8) is 0 Å². The molecule has 5 rings (SSSR count). The van der Waals surface area contributed by atoms with Crippen LogP contribution in [0.2, 0.25) is 0 Å². The number of likely N-dealkylation sites (tertiary alicyclic amines) is 1. The van der Waals surface area contributed by atoms with Crippen LogP contribution in [0.3, 0.4) is 0 Å². The second-order valence-corrected chi connectivity index (χ2v) is 10.8. The van der Waals surface area contributed by atoms with Gasteiger partial charge in [0.15, 0.2) is 0 Å². The largest absolute Gasteiger partial charge is 0.465 e. The number of fused-ring (bicyclic) bond motifs is 2. The van der Waals surface area contributed by atoms with Gasteiger partial charge in [-0.15, -0.1) is 11.3 Å². The molecule has 0 unspecified atom stereocenters. The van der Waals surface area contributed by atoms with Gasteiger partial charge in [-0.05, 0) is 60.4 Å². The van der Waals surface area contributed by atoms with Crippen LogP contribution in [-0.4, -0.2) is 29.3 Å². The van der Waals surface area contributed by atoms with Gasteiger partial charge in [0.2, 0.25) is 11.8 Å². The lowest BCUT2D eigenvalue weighted by molar-refractivity contribution is -0.162. The zero-order chi connectivity index (χ0) is 25.8. The standard InChI is InChI=1S/C30H32N2O4S/c1-2-36-29(35)30-15-6-5-14-26(30)32(20-22-11-7-10-21-9-3-4-13-25(21)22)28(34)23(18-30)17-27(33)31-19-24-12-8-16-37-24/h3-4,7-14,16,23H,2,5-6,15,17-20H2,1H3,(H,31,33)/t23-,30+/m1/s1. The van der Waals surface area contributed by atoms with E-state index in [0.29, 0.717) is 25.9 Å². The van der Waals surface area contributed by atoms with E-state index in [-0.39, 0.29) is 30.8 Å². The van der Waals surface area contributed by atoms with Crippen molar-refractivity contribution < 1.29 is 19.1 Å². The number of allylic oxidation sites excluding steroid dienone is 1. The number of piperidine rings is 1. The molecular weight excluding hydrogens is 484 g/mol. The van der Waals surface area contributed by atoms with E-state index in [1.165, 1.54) is 0 Å². The topological polar surface area (TPSA) is 75.7 Å². The first-order valence-electron chi connectivity index (χ1n) is 13.0. The van der Waals surface area contributed by atoms with Crippen LogP contribution in [0.5, 0.6) is 0 Å². The Morgan fingerprint density at radius 1 is 1.14 bits per heavy atom. The maximum Gasteiger partial charge on any atom is 0.318 e. The lowest BCUT2D eigenvalue weighted by Gasteiger charge is -2.48. The highest BCUT2D eigenvalue weighted by Gasteiger charge is 2.54. The predicted octanol–water partition coefficient (Wildman–Crippen LogP) is 5.57. The van der Waals surface area contributed by atoms with Crippen molar-refractivity contribution in [2.24, 2.45) is 11.3 Å². The van der Waals surface area contributed by atoms with E-state index in [9.17, 15) is 14.4 Å². The first-order valence-corrected chi connectivity index (χ1v) is 13.8. The molecule has 2 heterocycles. The second-order valence-electron chi connectivity index (χ2n) is 9.81. The van der Waals surface area contributed by atoms with Crippen LogP contribution in [0.4, 0.5) is 0 Å². The van der Waals surface area contributed by atoms with E-state index >= 15 is 0 Å². The van der Waals surface area contributed by atoms with Gasteiger partial charge in [-0.3, -0.25) is 14.4 Å². The highest BCUT2D eigenvalue weighted by Crippen LogP contribution is 2.50. The molecule has 0 bridgehead atoms. The fraction of sp³-hybridized carbons (Fsp3) is 0.367. The second kappa shape index (κ2) is 10.9. The van der Waals surface area contributed by atoms with Crippen molar-refractivity contribution in [1.29, 1.82) is 0 Å². The van der Waals surface area contributed by atoms with Gasteiger partial charge in [0.1, 0.15) is 5.41 Å². The average Bonchev–Trinajstić information content (AvgIpc) is 3.44. The zero-order valence-corrected chi connectivity index (χ0v) is 21.9. The van der Waals surface area contributed by atoms with Crippen molar-refractivity contribution in [1.82, 2.24) is 10.2 Å². The number of carbonyl (C=O) groups is 3. The van der Waals surface area contributed by atoms with E-state index in [0.717, 1.165) is 39.8 Å². The zero-order valence-electron chi connectivity index (χ0n) is 21.1. The predicted molar refractivity (Wildman–Crippen MR) is 144 cm³/mol. The van der Waals surface area contributed by atoms with Gasteiger partial charge in [0.05, 0.1) is 19.7 Å². The Balaban J connectivity index is 1.47. The molecule has 1 aromatic heterocycles. The van der Waals surface area contributed by atoms with Crippen LogP contribution in [0.1, 0.15) is 49.5 Å². The van der Waals surface area contributed by atoms with Crippen molar-refractivity contribution in [3.05, 3.63) is 82.2 Å². The lowest BCUT2D eigenvalue weighted by atomic mass is 9.66. The smallest absolute Gasteiger partial charge is 0.318 e. The molecule has 1 aliphatic heterocycles. The molecule has 1 fully saturated rings. The van der Waals surface area contributed by atoms with Gasteiger partial charge in [0.25, 0.3) is 0 Å². The number of thiophene rings is 1. The molecule has 6 nitrogen and oxygen atoms in total. The van der Waals surface area contributed by atoms with E-state index in [2.05, 4.69) is 23.5 Å². The molecule has 3 aromatic rings. The van der Waals surface area contributed by atoms with Crippen LogP contribution in [-0.2, 0) is 32.2 Å². The van der Waals surface area contributed by atoms with Crippen molar-refractivity contribution in [2.45, 2.75) is 52.1 Å². The third-order valence-electron chi connectivity index (χ3n) is 7.48. The molecule has 0 spiro atoms. The molecular formula is C30H32N2O4S. The summed E-state index contributed by atoms with van der Waals surface area (Å²) < 4.78 is 5.58. The van der Waals surface area contributed by atoms with Gasteiger partial charge < -0.3 is 15.0 Å². The fourth-order valence-corrected chi connectivity index (χ4v) is 6.41. The number of amides is 2. The van der Waals surface area contributed by atoms with Gasteiger partial charge in [0, 0.05) is 22.9 Å². The number of esters is 1. The van der Waals surface area contributed by atoms with E-state index in [1.54, 1.807) is 23.2 Å². The van der Waals surface area contributed by atoms with Gasteiger partial charge >= 0.3 is 5.97 Å². The van der Waals surface area contributed by atoms with Gasteiger partial charge in [-0.25, -0.2) is 0 Å². The summed E-state index contributed by atoms with van der Waals surface area (Å²) in [6, 6.07) is 18.1. The van der Waals surface area contributed by atoms with Gasteiger partial charge in [-0.1, -0.05) is 54.6 Å². The molecule has 2 amide bonds. The maximum absolute atomic E-state index is 14.0. The summed E-state index contributed by atoms with van der Waals surface area (Å²) in [5.41, 5.74) is 0.842. The van der Waals surface area contributed by atoms with Crippen molar-refractivity contribution >= 4 is 39.9 Å².